The van der Waals surface area contributed by atoms with Crippen LogP contribution in [0.4, 0.5) is 0 Å². The third-order valence-electron chi connectivity index (χ3n) is 14.9. The van der Waals surface area contributed by atoms with Crippen LogP contribution in [-0.4, -0.2) is 9.97 Å². The van der Waals surface area contributed by atoms with E-state index in [-0.39, 0.29) is 10.8 Å². The van der Waals surface area contributed by atoms with Gasteiger partial charge in [0.15, 0.2) is 5.82 Å². The topological polar surface area (TPSA) is 25.8 Å². The Hall–Kier alpha value is -7.94. The molecule has 0 saturated carbocycles. The number of nitrogens with zero attached hydrogens (tertiary/aromatic N) is 2. The normalized spacial score (nSPS) is 14.0. The lowest BCUT2D eigenvalue weighted by Gasteiger charge is -2.25. The van der Waals surface area contributed by atoms with E-state index in [1.165, 1.54) is 93.7 Å². The zero-order valence-corrected chi connectivity index (χ0v) is 37.5. The van der Waals surface area contributed by atoms with Crippen molar-refractivity contribution in [3.8, 4) is 78.4 Å². The van der Waals surface area contributed by atoms with Gasteiger partial charge in [0, 0.05) is 27.5 Å². The van der Waals surface area contributed by atoms with Crippen molar-refractivity contribution in [2.75, 3.05) is 0 Å². The van der Waals surface area contributed by atoms with Gasteiger partial charge in [-0.15, -0.1) is 0 Å². The lowest BCUT2D eigenvalue weighted by Crippen LogP contribution is -2.16. The maximum Gasteiger partial charge on any atom is 0.160 e. The quantitative estimate of drug-likeness (QED) is 0.172. The van der Waals surface area contributed by atoms with Gasteiger partial charge in [-0.05, 0) is 105 Å². The zero-order chi connectivity index (χ0) is 44.3. The van der Waals surface area contributed by atoms with Gasteiger partial charge >= 0.3 is 0 Å². The van der Waals surface area contributed by atoms with Gasteiger partial charge < -0.3 is 0 Å². The highest BCUT2D eigenvalue weighted by molar-refractivity contribution is 6.13. The second-order valence-corrected chi connectivity index (χ2v) is 19.2. The Bertz CT molecular complexity index is 3820. The first-order valence-electron chi connectivity index (χ1n) is 23.2. The van der Waals surface area contributed by atoms with E-state index in [1.54, 1.807) is 0 Å². The molecular weight excluding hydrogens is 797 g/mol. The van der Waals surface area contributed by atoms with Crippen LogP contribution in [0.2, 0.25) is 0 Å². The molecule has 2 aliphatic rings. The first-order valence-corrected chi connectivity index (χ1v) is 23.2. The summed E-state index contributed by atoms with van der Waals surface area (Å²) in [6.45, 7) is 9.47. The molecule has 0 atom stereocenters. The number of benzene rings is 10. The summed E-state index contributed by atoms with van der Waals surface area (Å²) in [5.74, 6) is 0.716. The third-order valence-corrected chi connectivity index (χ3v) is 14.9. The van der Waals surface area contributed by atoms with Crippen molar-refractivity contribution in [1.82, 2.24) is 9.97 Å². The minimum Gasteiger partial charge on any atom is -0.228 e. The van der Waals surface area contributed by atoms with Crippen LogP contribution in [-0.2, 0) is 10.8 Å². The summed E-state index contributed by atoms with van der Waals surface area (Å²) >= 11 is 0. The number of hydrogen-bond donors (Lipinski definition) is 0. The van der Waals surface area contributed by atoms with Crippen molar-refractivity contribution in [2.24, 2.45) is 0 Å². The molecule has 13 rings (SSSR count). The molecule has 0 amide bonds. The van der Waals surface area contributed by atoms with E-state index in [1.807, 2.05) is 6.07 Å². The van der Waals surface area contributed by atoms with E-state index in [4.69, 9.17) is 9.97 Å². The minimum atomic E-state index is -0.167. The Morgan fingerprint density at radius 2 is 0.788 bits per heavy atom. The van der Waals surface area contributed by atoms with Crippen LogP contribution in [0.25, 0.3) is 111 Å². The summed E-state index contributed by atoms with van der Waals surface area (Å²) < 4.78 is 0. The van der Waals surface area contributed by atoms with E-state index >= 15 is 0 Å². The van der Waals surface area contributed by atoms with Gasteiger partial charge in [0.05, 0.1) is 11.4 Å². The average molecular weight is 843 g/mol. The van der Waals surface area contributed by atoms with Crippen LogP contribution in [0.15, 0.2) is 206 Å². The van der Waals surface area contributed by atoms with Crippen molar-refractivity contribution in [1.29, 1.82) is 0 Å². The molecule has 0 bridgehead atoms. The predicted octanol–water partition coefficient (Wildman–Crippen LogP) is 16.9. The fourth-order valence-corrected chi connectivity index (χ4v) is 11.8. The highest BCUT2D eigenvalue weighted by Gasteiger charge is 2.39. The summed E-state index contributed by atoms with van der Waals surface area (Å²) in [7, 11) is 0. The maximum atomic E-state index is 5.37. The summed E-state index contributed by atoms with van der Waals surface area (Å²) in [6.07, 6.45) is 0. The molecule has 2 nitrogen and oxygen atoms in total. The standard InChI is InChI=1S/C64H46N2/c1-63(2)54-30-15-14-26-51(54)60-52(28-17-31-55(60)63)58-38-57(65-62(66-58)40-19-6-5-7-20-40)49-36-35-47(44-24-12-13-25-45(44)49)46-33-34-48(43-23-11-10-22-42(43)46)50-27-16-29-53-59-41-21-9-8-18-39(41)32-37-56(59)64(3,4)61(50)53/h5-38H,1-4H3. The molecule has 0 aliphatic heterocycles. The van der Waals surface area contributed by atoms with Crippen LogP contribution in [0.3, 0.4) is 0 Å². The molecular formula is C64H46N2. The van der Waals surface area contributed by atoms with Crippen molar-refractivity contribution >= 4 is 32.3 Å². The molecule has 0 N–H and O–H groups in total. The van der Waals surface area contributed by atoms with E-state index in [0.717, 1.165) is 33.5 Å². The molecule has 2 heteroatoms. The fourth-order valence-electron chi connectivity index (χ4n) is 11.8. The van der Waals surface area contributed by atoms with Gasteiger partial charge in [-0.25, -0.2) is 9.97 Å². The van der Waals surface area contributed by atoms with Gasteiger partial charge in [-0.1, -0.05) is 228 Å². The molecule has 2 aliphatic carbocycles. The highest BCUT2D eigenvalue weighted by atomic mass is 14.9. The van der Waals surface area contributed by atoms with Gasteiger partial charge in [-0.3, -0.25) is 0 Å². The summed E-state index contributed by atoms with van der Waals surface area (Å²) in [5, 5.41) is 7.44. The Kier molecular flexibility index (Phi) is 8.33. The van der Waals surface area contributed by atoms with Crippen molar-refractivity contribution in [2.45, 2.75) is 38.5 Å². The Balaban J connectivity index is 0.982. The summed E-state index contributed by atoms with van der Waals surface area (Å²) in [4.78, 5) is 10.7. The maximum absolute atomic E-state index is 5.37. The third kappa shape index (κ3) is 5.55. The molecule has 1 aromatic heterocycles. The molecule has 10 aromatic carbocycles. The first-order chi connectivity index (χ1) is 32.3. The van der Waals surface area contributed by atoms with E-state index in [2.05, 4.69) is 228 Å². The number of aromatic nitrogens is 2. The molecule has 0 radical (unpaired) electrons. The predicted molar refractivity (Wildman–Crippen MR) is 277 cm³/mol. The van der Waals surface area contributed by atoms with E-state index in [9.17, 15) is 0 Å². The molecule has 11 aromatic rings. The van der Waals surface area contributed by atoms with Crippen LogP contribution < -0.4 is 0 Å². The molecule has 1 heterocycles. The summed E-state index contributed by atoms with van der Waals surface area (Å²) in [5.41, 5.74) is 20.4. The monoisotopic (exact) mass is 842 g/mol. The molecule has 0 fully saturated rings. The smallest absolute Gasteiger partial charge is 0.160 e. The second kappa shape index (κ2) is 14.3. The number of rotatable bonds is 5. The Morgan fingerprint density at radius 3 is 1.50 bits per heavy atom. The van der Waals surface area contributed by atoms with Crippen LogP contribution in [0.1, 0.15) is 49.9 Å². The largest absolute Gasteiger partial charge is 0.228 e. The van der Waals surface area contributed by atoms with Gasteiger partial charge in [0.25, 0.3) is 0 Å². The Morgan fingerprint density at radius 1 is 0.303 bits per heavy atom. The molecule has 0 saturated heterocycles. The molecule has 0 unspecified atom stereocenters. The number of fused-ring (bicyclic) bond motifs is 10. The fraction of sp³-hybridized carbons (Fsp3) is 0.0938. The first kappa shape index (κ1) is 38.5. The van der Waals surface area contributed by atoms with Crippen molar-refractivity contribution in [3.63, 3.8) is 0 Å². The Labute approximate surface area is 385 Å². The van der Waals surface area contributed by atoms with Gasteiger partial charge in [-0.2, -0.15) is 0 Å². The minimum absolute atomic E-state index is 0.118. The zero-order valence-electron chi connectivity index (χ0n) is 37.5. The lowest BCUT2D eigenvalue weighted by molar-refractivity contribution is 0.660. The van der Waals surface area contributed by atoms with Gasteiger partial charge in [0.2, 0.25) is 0 Å². The molecule has 66 heavy (non-hydrogen) atoms. The van der Waals surface area contributed by atoms with Crippen LogP contribution in [0.5, 0.6) is 0 Å². The van der Waals surface area contributed by atoms with Gasteiger partial charge in [0.1, 0.15) is 0 Å². The van der Waals surface area contributed by atoms with Crippen molar-refractivity contribution < 1.29 is 0 Å². The van der Waals surface area contributed by atoms with Crippen molar-refractivity contribution in [3.05, 3.63) is 229 Å². The lowest BCUT2D eigenvalue weighted by atomic mass is 9.78. The molecule has 0 spiro atoms. The van der Waals surface area contributed by atoms with Crippen LogP contribution >= 0.6 is 0 Å². The summed E-state index contributed by atoms with van der Waals surface area (Å²) in [6, 6.07) is 75.7. The average Bonchev–Trinajstić information content (AvgIpc) is 3.76. The van der Waals surface area contributed by atoms with Crippen LogP contribution in [0, 0.1) is 0 Å². The highest BCUT2D eigenvalue weighted by Crippen LogP contribution is 2.56. The molecule has 312 valence electrons. The number of hydrogen-bond acceptors (Lipinski definition) is 2. The van der Waals surface area contributed by atoms with E-state index < -0.39 is 0 Å². The van der Waals surface area contributed by atoms with E-state index in [0.29, 0.717) is 5.82 Å². The second-order valence-electron chi connectivity index (χ2n) is 19.2. The SMILES string of the molecule is CC1(C)c2ccccc2-c2c(-c3cc(-c4ccc(-c5ccc(-c6cccc7c6C(C)(C)c6ccc8ccccc8c6-7)c6ccccc56)c5ccccc45)nc(-c4ccccc4)n3)cccc21.